The van der Waals surface area contributed by atoms with Crippen molar-refractivity contribution in [1.82, 2.24) is 0 Å². The van der Waals surface area contributed by atoms with Crippen LogP contribution in [0, 0.1) is 0 Å². The summed E-state index contributed by atoms with van der Waals surface area (Å²) in [5.41, 5.74) is -5.65. The van der Waals surface area contributed by atoms with Crippen molar-refractivity contribution < 1.29 is 32.9 Å². The number of hydrogen-bond acceptors (Lipinski definition) is 4. The molecule has 154 valence electrons. The third-order valence-electron chi connectivity index (χ3n) is 4.20. The minimum absolute atomic E-state index is 0.661. The summed E-state index contributed by atoms with van der Waals surface area (Å²) in [6.07, 6.45) is 0. The molecule has 0 aliphatic heterocycles. The van der Waals surface area contributed by atoms with E-state index >= 15 is 0 Å². The van der Waals surface area contributed by atoms with Gasteiger partial charge < -0.3 is 4.43 Å². The monoisotopic (exact) mass is 436 g/mol. The van der Waals surface area contributed by atoms with Gasteiger partial charge in [0, 0.05) is 0 Å². The summed E-state index contributed by atoms with van der Waals surface area (Å²) in [7, 11) is -9.41. The summed E-state index contributed by atoms with van der Waals surface area (Å²) < 4.78 is 86.6. The molecule has 0 heterocycles. The van der Waals surface area contributed by atoms with E-state index in [-0.39, 0.29) is 0 Å². The molecule has 0 N–H and O–H groups in total. The van der Waals surface area contributed by atoms with Crippen molar-refractivity contribution in [3.05, 3.63) is 60.7 Å². The number of alkyl halides is 3. The van der Waals surface area contributed by atoms with E-state index in [0.717, 1.165) is 0 Å². The van der Waals surface area contributed by atoms with Crippen molar-refractivity contribution in [3.63, 3.8) is 0 Å². The van der Waals surface area contributed by atoms with Gasteiger partial charge in [0.05, 0.1) is 15.9 Å². The molecule has 0 radical (unpaired) electrons. The first kappa shape index (κ1) is 19.6. The quantitative estimate of drug-likeness (QED) is 0.379. The van der Waals surface area contributed by atoms with Crippen LogP contribution >= 0.6 is 0 Å². The molecule has 2 rings (SSSR count). The molecule has 0 amide bonds. The molecular weight excluding hydrogens is 409 g/mol. The van der Waals surface area contributed by atoms with E-state index < -0.39 is 42.1 Å². The smallest absolute Gasteiger partial charge is 0.405 e. The van der Waals surface area contributed by atoms with Crippen molar-refractivity contribution in [1.29, 1.82) is 0 Å². The lowest BCUT2D eigenvalue weighted by Gasteiger charge is -2.43. The van der Waals surface area contributed by atoms with Gasteiger partial charge in [0.1, 0.15) is 0 Å². The Morgan fingerprint density at radius 1 is 0.929 bits per heavy atom. The van der Waals surface area contributed by atoms with Crippen molar-refractivity contribution >= 4 is 28.8 Å². The largest absolute Gasteiger partial charge is 0.523 e. The van der Waals surface area contributed by atoms with Gasteiger partial charge in [-0.3, -0.25) is 4.18 Å². The van der Waals surface area contributed by atoms with Crippen LogP contribution in [0.1, 0.15) is 23.5 Å². The molecule has 4 nitrogen and oxygen atoms in total. The van der Waals surface area contributed by atoms with E-state index in [1.807, 2.05) is 20.8 Å². The SMILES string of the molecule is [3H]C([3H])(COS(=O)(=O)C(F)(F)F)O[Si](c1ccccc1)(c1ccccc1)C(C)(C)C. The van der Waals surface area contributed by atoms with Gasteiger partial charge in [-0.2, -0.15) is 21.6 Å². The second-order valence-electron chi connectivity index (χ2n) is 7.07. The first-order valence-electron chi connectivity index (χ1n) is 9.39. The number of halogens is 3. The number of benzene rings is 2. The van der Waals surface area contributed by atoms with E-state index in [2.05, 4.69) is 4.18 Å². The van der Waals surface area contributed by atoms with Crippen molar-refractivity contribution in [2.75, 3.05) is 13.2 Å². The van der Waals surface area contributed by atoms with Crippen LogP contribution in [0.15, 0.2) is 60.7 Å². The molecule has 0 saturated carbocycles. The van der Waals surface area contributed by atoms with E-state index in [9.17, 15) is 21.6 Å². The number of hydrogen-bond donors (Lipinski definition) is 0. The molecule has 2 aromatic rings. The second-order valence-corrected chi connectivity index (χ2v) is 12.9. The van der Waals surface area contributed by atoms with Gasteiger partial charge in [0.15, 0.2) is 0 Å². The summed E-state index contributed by atoms with van der Waals surface area (Å²) in [6.45, 7) is 1.30. The normalized spacial score (nSPS) is 15.1. The van der Waals surface area contributed by atoms with Crippen LogP contribution in [0.5, 0.6) is 0 Å². The van der Waals surface area contributed by atoms with Crippen LogP contribution < -0.4 is 10.4 Å². The molecule has 0 fully saturated rings. The topological polar surface area (TPSA) is 52.6 Å². The van der Waals surface area contributed by atoms with Gasteiger partial charge in [-0.15, -0.1) is 0 Å². The molecule has 0 bridgehead atoms. The molecule has 0 saturated heterocycles. The average Bonchev–Trinajstić information content (AvgIpc) is 2.64. The Hall–Kier alpha value is -1.68. The van der Waals surface area contributed by atoms with Crippen molar-refractivity contribution in [2.45, 2.75) is 31.3 Å². The molecule has 0 unspecified atom stereocenters. The molecule has 9 heteroatoms. The van der Waals surface area contributed by atoms with Gasteiger partial charge in [-0.25, -0.2) is 0 Å². The summed E-state index contributed by atoms with van der Waals surface area (Å²) >= 11 is 0. The molecule has 0 aliphatic rings. The zero-order chi connectivity index (χ0) is 22.8. The Balaban J connectivity index is 2.56. The second kappa shape index (κ2) is 8.36. The maximum atomic E-state index is 12.6. The predicted molar refractivity (Wildman–Crippen MR) is 104 cm³/mol. The minimum Gasteiger partial charge on any atom is -0.405 e. The van der Waals surface area contributed by atoms with Gasteiger partial charge >= 0.3 is 15.6 Å². The van der Waals surface area contributed by atoms with E-state index in [1.165, 1.54) is 0 Å². The predicted octanol–water partition coefficient (Wildman–Crippen LogP) is 3.43. The lowest BCUT2D eigenvalue weighted by molar-refractivity contribution is -0.0547. The maximum Gasteiger partial charge on any atom is 0.523 e. The van der Waals surface area contributed by atoms with Crippen LogP contribution in [-0.2, 0) is 18.7 Å². The van der Waals surface area contributed by atoms with Crippen LogP contribution in [0.2, 0.25) is 5.04 Å². The van der Waals surface area contributed by atoms with Crippen LogP contribution in [0.3, 0.4) is 0 Å². The molecule has 0 aromatic heterocycles. The Morgan fingerprint density at radius 2 is 1.36 bits per heavy atom. The highest BCUT2D eigenvalue weighted by atomic mass is 32.2. The standard InChI is InChI=1S/C19H23F3O4SSi/c1-18(2,3)28(16-10-6-4-7-11-16,17-12-8-5-9-13-17)26-15-14-25-27(23,24)19(20,21)22/h4-13H,14-15H2,1-3H3/i15T2. The summed E-state index contributed by atoms with van der Waals surface area (Å²) in [5.74, 6) is 0. The van der Waals surface area contributed by atoms with E-state index in [0.29, 0.717) is 10.4 Å². The summed E-state index contributed by atoms with van der Waals surface area (Å²) in [4.78, 5) is 0. The van der Waals surface area contributed by atoms with Crippen LogP contribution in [0.25, 0.3) is 0 Å². The van der Waals surface area contributed by atoms with Crippen LogP contribution in [-0.4, -0.2) is 35.4 Å². The van der Waals surface area contributed by atoms with Crippen molar-refractivity contribution in [2.24, 2.45) is 0 Å². The van der Waals surface area contributed by atoms with Gasteiger partial charge in [-0.05, 0) is 15.4 Å². The Kier molecular flexibility index (Phi) is 5.86. The molecule has 0 aliphatic carbocycles. The molecule has 0 spiro atoms. The molecular formula is C19H23F3O4SSi. The van der Waals surface area contributed by atoms with E-state index in [1.54, 1.807) is 60.7 Å². The molecule has 0 atom stereocenters. The van der Waals surface area contributed by atoms with Gasteiger partial charge in [-0.1, -0.05) is 81.4 Å². The highest BCUT2D eigenvalue weighted by molar-refractivity contribution is 7.87. The third kappa shape index (κ3) is 4.65. The summed E-state index contributed by atoms with van der Waals surface area (Å²) in [5, 5.41) is 0.712. The Morgan fingerprint density at radius 3 is 1.71 bits per heavy atom. The minimum atomic E-state index is -5.96. The van der Waals surface area contributed by atoms with Crippen molar-refractivity contribution in [3.8, 4) is 0 Å². The number of rotatable bonds is 7. The first-order valence-corrected chi connectivity index (χ1v) is 11.7. The zero-order valence-corrected chi connectivity index (χ0v) is 17.5. The molecule has 2 aromatic carbocycles. The maximum absolute atomic E-state index is 12.6. The fourth-order valence-electron chi connectivity index (χ4n) is 2.96. The van der Waals surface area contributed by atoms with Crippen LogP contribution in [0.4, 0.5) is 13.2 Å². The fourth-order valence-corrected chi connectivity index (χ4v) is 7.50. The van der Waals surface area contributed by atoms with Gasteiger partial charge in [0.25, 0.3) is 8.32 Å². The highest BCUT2D eigenvalue weighted by Gasteiger charge is 2.50. The lowest BCUT2D eigenvalue weighted by Crippen LogP contribution is -2.66. The summed E-state index contributed by atoms with van der Waals surface area (Å²) in [6, 6.07) is 17.7. The van der Waals surface area contributed by atoms with E-state index in [4.69, 9.17) is 7.17 Å². The Labute approximate surface area is 167 Å². The zero-order valence-electron chi connectivity index (χ0n) is 17.7. The lowest BCUT2D eigenvalue weighted by atomic mass is 10.2. The first-order chi connectivity index (χ1) is 13.6. The molecule has 28 heavy (non-hydrogen) atoms. The highest BCUT2D eigenvalue weighted by Crippen LogP contribution is 2.36. The Bertz CT molecular complexity index is 908. The third-order valence-corrected chi connectivity index (χ3v) is 10.0. The van der Waals surface area contributed by atoms with Gasteiger partial charge in [0.2, 0.25) is 0 Å². The fraction of sp³-hybridized carbons (Fsp3) is 0.368. The average molecular weight is 437 g/mol.